The van der Waals surface area contributed by atoms with Gasteiger partial charge in [-0.2, -0.15) is 0 Å². The molecule has 0 radical (unpaired) electrons. The van der Waals surface area contributed by atoms with Crippen LogP contribution in [-0.2, 0) is 12.8 Å². The molecule has 156 valence electrons. The molecule has 2 aromatic carbocycles. The maximum atomic E-state index is 6.15. The van der Waals surface area contributed by atoms with Crippen LogP contribution in [0.15, 0.2) is 60.7 Å². The molecule has 0 bridgehead atoms. The van der Waals surface area contributed by atoms with Crippen molar-refractivity contribution in [2.75, 3.05) is 11.5 Å². The van der Waals surface area contributed by atoms with E-state index in [2.05, 4.69) is 34.3 Å². The molecule has 0 aliphatic heterocycles. The summed E-state index contributed by atoms with van der Waals surface area (Å²) in [4.78, 5) is 9.29. The van der Waals surface area contributed by atoms with Gasteiger partial charge in [0, 0.05) is 21.9 Å². The first-order chi connectivity index (χ1) is 14.7. The van der Waals surface area contributed by atoms with Gasteiger partial charge in [-0.1, -0.05) is 60.7 Å². The molecule has 0 amide bonds. The third kappa shape index (κ3) is 3.76. The zero-order valence-electron chi connectivity index (χ0n) is 17.3. The summed E-state index contributed by atoms with van der Waals surface area (Å²) in [6.45, 7) is 0. The lowest BCUT2D eigenvalue weighted by atomic mass is 9.99. The molecule has 2 aliphatic carbocycles. The van der Waals surface area contributed by atoms with Crippen LogP contribution in [0.3, 0.4) is 0 Å². The molecule has 5 heteroatoms. The Kier molecular flexibility index (Phi) is 5.69. The van der Waals surface area contributed by atoms with Crippen LogP contribution in [0.4, 0.5) is 11.4 Å². The Morgan fingerprint density at radius 1 is 0.613 bits per heavy atom. The van der Waals surface area contributed by atoms with Gasteiger partial charge in [-0.25, -0.2) is 0 Å². The zero-order chi connectivity index (χ0) is 20.5. The molecule has 6 N–H and O–H groups in total. The second-order valence-corrected chi connectivity index (χ2v) is 7.69. The smallest absolute Gasteiger partial charge is 0.0726 e. The van der Waals surface area contributed by atoms with Crippen molar-refractivity contribution in [3.63, 3.8) is 0 Å². The summed E-state index contributed by atoms with van der Waals surface area (Å²) >= 11 is 0. The molecule has 2 heterocycles. The van der Waals surface area contributed by atoms with Gasteiger partial charge in [-0.3, -0.25) is 9.97 Å². The lowest BCUT2D eigenvalue weighted by Crippen LogP contribution is -2.03. The van der Waals surface area contributed by atoms with Gasteiger partial charge in [0.05, 0.1) is 33.8 Å². The van der Waals surface area contributed by atoms with Crippen molar-refractivity contribution >= 4 is 45.3 Å². The van der Waals surface area contributed by atoms with Crippen molar-refractivity contribution in [1.82, 2.24) is 9.97 Å². The number of nitrogens with two attached hydrogens (primary N) is 2. The summed E-state index contributed by atoms with van der Waals surface area (Å²) < 4.78 is 0. The number of aryl methyl sites for hydroxylation is 2. The SMILES string of the molecule is Nc1c2c(nc3ccccc13)CCC=C2.Nc1c2c(nc3ccccc13)CCC=C2.O. The number of fused-ring (bicyclic) bond motifs is 4. The van der Waals surface area contributed by atoms with E-state index in [1.165, 1.54) is 0 Å². The Morgan fingerprint density at radius 3 is 1.48 bits per heavy atom. The maximum absolute atomic E-state index is 6.15. The van der Waals surface area contributed by atoms with Crippen molar-refractivity contribution < 1.29 is 5.48 Å². The van der Waals surface area contributed by atoms with E-state index in [0.717, 1.165) is 81.4 Å². The topological polar surface area (TPSA) is 109 Å². The normalized spacial score (nSPS) is 13.7. The Morgan fingerprint density at radius 2 is 1.03 bits per heavy atom. The fourth-order valence-electron chi connectivity index (χ4n) is 4.21. The van der Waals surface area contributed by atoms with E-state index in [9.17, 15) is 0 Å². The first-order valence-corrected chi connectivity index (χ1v) is 10.4. The molecular weight excluding hydrogens is 384 g/mol. The Hall–Kier alpha value is -3.70. The van der Waals surface area contributed by atoms with Crippen LogP contribution in [0, 0.1) is 0 Å². The van der Waals surface area contributed by atoms with Gasteiger partial charge in [0.1, 0.15) is 0 Å². The quantitative estimate of drug-likeness (QED) is 0.437. The molecule has 2 aromatic heterocycles. The van der Waals surface area contributed by atoms with Crippen molar-refractivity contribution in [3.8, 4) is 0 Å². The lowest BCUT2D eigenvalue weighted by Gasteiger charge is -2.14. The monoisotopic (exact) mass is 410 g/mol. The average molecular weight is 411 g/mol. The molecule has 0 unspecified atom stereocenters. The van der Waals surface area contributed by atoms with E-state index in [-0.39, 0.29) is 5.48 Å². The molecule has 0 fully saturated rings. The molecule has 0 atom stereocenters. The Labute approximate surface area is 181 Å². The van der Waals surface area contributed by atoms with Crippen LogP contribution in [0.5, 0.6) is 0 Å². The maximum Gasteiger partial charge on any atom is 0.0726 e. The number of pyridine rings is 2. The van der Waals surface area contributed by atoms with Gasteiger partial charge in [-0.15, -0.1) is 0 Å². The molecular formula is C26H26N4O. The number of nitrogens with zero attached hydrogens (tertiary/aromatic N) is 2. The minimum Gasteiger partial charge on any atom is -0.412 e. The third-order valence-electron chi connectivity index (χ3n) is 5.77. The number of anilines is 2. The molecule has 31 heavy (non-hydrogen) atoms. The van der Waals surface area contributed by atoms with Crippen LogP contribution in [0.25, 0.3) is 34.0 Å². The summed E-state index contributed by atoms with van der Waals surface area (Å²) in [5.41, 5.74) is 20.5. The number of aromatic nitrogens is 2. The molecule has 4 aromatic rings. The molecule has 0 saturated heterocycles. The van der Waals surface area contributed by atoms with Crippen LogP contribution in [0.2, 0.25) is 0 Å². The highest BCUT2D eigenvalue weighted by Gasteiger charge is 2.13. The average Bonchev–Trinajstić information content (AvgIpc) is 2.80. The number of nitrogen functional groups attached to an aromatic ring is 2. The van der Waals surface area contributed by atoms with E-state index in [1.54, 1.807) is 0 Å². The van der Waals surface area contributed by atoms with Crippen LogP contribution < -0.4 is 11.5 Å². The van der Waals surface area contributed by atoms with Gasteiger partial charge >= 0.3 is 0 Å². The number of benzene rings is 2. The first-order valence-electron chi connectivity index (χ1n) is 10.4. The van der Waals surface area contributed by atoms with Crippen molar-refractivity contribution in [3.05, 3.63) is 83.2 Å². The van der Waals surface area contributed by atoms with E-state index in [4.69, 9.17) is 11.5 Å². The van der Waals surface area contributed by atoms with E-state index >= 15 is 0 Å². The minimum absolute atomic E-state index is 0. The predicted molar refractivity (Wildman–Crippen MR) is 131 cm³/mol. The summed E-state index contributed by atoms with van der Waals surface area (Å²) in [6.07, 6.45) is 12.6. The lowest BCUT2D eigenvalue weighted by molar-refractivity contribution is 0.824. The minimum atomic E-state index is 0. The van der Waals surface area contributed by atoms with Crippen LogP contribution >= 0.6 is 0 Å². The molecule has 0 spiro atoms. The number of para-hydroxylation sites is 2. The summed E-state index contributed by atoms with van der Waals surface area (Å²) in [6, 6.07) is 16.1. The number of rotatable bonds is 0. The van der Waals surface area contributed by atoms with E-state index in [1.807, 2.05) is 48.5 Å². The number of allylic oxidation sites excluding steroid dienone is 2. The predicted octanol–water partition coefficient (Wildman–Crippen LogP) is 4.73. The fraction of sp³-hybridized carbons (Fsp3) is 0.154. The summed E-state index contributed by atoms with van der Waals surface area (Å²) in [5, 5.41) is 2.12. The number of hydrogen-bond acceptors (Lipinski definition) is 4. The van der Waals surface area contributed by atoms with Gasteiger partial charge in [-0.05, 0) is 37.8 Å². The van der Waals surface area contributed by atoms with Crippen molar-refractivity contribution in [2.45, 2.75) is 25.7 Å². The third-order valence-corrected chi connectivity index (χ3v) is 5.77. The largest absolute Gasteiger partial charge is 0.412 e. The molecule has 2 aliphatic rings. The zero-order valence-corrected chi connectivity index (χ0v) is 17.3. The van der Waals surface area contributed by atoms with Gasteiger partial charge in [0.15, 0.2) is 0 Å². The molecule has 6 rings (SSSR count). The second-order valence-electron chi connectivity index (χ2n) is 7.69. The summed E-state index contributed by atoms with van der Waals surface area (Å²) in [5.74, 6) is 0. The summed E-state index contributed by atoms with van der Waals surface area (Å²) in [7, 11) is 0. The molecule has 0 saturated carbocycles. The van der Waals surface area contributed by atoms with Gasteiger partial charge in [0.25, 0.3) is 0 Å². The number of hydrogen-bond donors (Lipinski definition) is 2. The van der Waals surface area contributed by atoms with Crippen molar-refractivity contribution in [1.29, 1.82) is 0 Å². The second kappa shape index (κ2) is 8.58. The van der Waals surface area contributed by atoms with Gasteiger partial charge < -0.3 is 16.9 Å². The van der Waals surface area contributed by atoms with Crippen molar-refractivity contribution in [2.24, 2.45) is 0 Å². The van der Waals surface area contributed by atoms with E-state index < -0.39 is 0 Å². The van der Waals surface area contributed by atoms with Gasteiger partial charge in [0.2, 0.25) is 0 Å². The Bertz CT molecular complexity index is 1220. The highest BCUT2D eigenvalue weighted by Crippen LogP contribution is 2.30. The Balaban J connectivity index is 0.000000144. The van der Waals surface area contributed by atoms with Crippen LogP contribution in [-0.4, -0.2) is 15.4 Å². The standard InChI is InChI=1S/2C13H12N2.H2O/c2*14-13-9-5-1-3-7-11(9)15-12-8-4-2-6-10(12)13;/h2*1-3,5-7H,4,8H2,(H2,14,15);1H2. The highest BCUT2D eigenvalue weighted by molar-refractivity contribution is 5.96. The molecule has 5 nitrogen and oxygen atoms in total. The van der Waals surface area contributed by atoms with Crippen LogP contribution in [0.1, 0.15) is 35.4 Å². The first kappa shape index (κ1) is 20.6. The highest BCUT2D eigenvalue weighted by atomic mass is 16.0. The van der Waals surface area contributed by atoms with E-state index in [0.29, 0.717) is 0 Å². The fourth-order valence-corrected chi connectivity index (χ4v) is 4.21.